The number of aromatic hydroxyl groups is 1. The first-order valence-electron chi connectivity index (χ1n) is 13.5. The number of morpholine rings is 1. The summed E-state index contributed by atoms with van der Waals surface area (Å²) in [7, 11) is 0. The molecule has 1 unspecified atom stereocenters. The minimum absolute atomic E-state index is 0.0580. The zero-order chi connectivity index (χ0) is 29.4. The van der Waals surface area contributed by atoms with Crippen LogP contribution in [0.3, 0.4) is 0 Å². The smallest absolute Gasteiger partial charge is 0.377 e. The van der Waals surface area contributed by atoms with Gasteiger partial charge in [-0.15, -0.1) is 0 Å². The third kappa shape index (κ3) is 7.19. The molecule has 1 saturated carbocycles. The van der Waals surface area contributed by atoms with Crippen LogP contribution in [-0.2, 0) is 9.53 Å². The molecule has 3 fully saturated rings. The largest absolute Gasteiger partial charge is 0.508 e. The molecule has 3 aliphatic rings. The first-order valence-corrected chi connectivity index (χ1v) is 13.5. The van der Waals surface area contributed by atoms with E-state index < -0.39 is 37.2 Å². The molecule has 2 aliphatic heterocycles. The molecular weight excluding hydrogens is 550 g/mol. The Morgan fingerprint density at radius 1 is 1.05 bits per heavy atom. The minimum atomic E-state index is -4.20. The summed E-state index contributed by atoms with van der Waals surface area (Å²) in [4.78, 5) is 30.9. The Kier molecular flexibility index (Phi) is 8.00. The quantitative estimate of drug-likeness (QED) is 0.410. The molecule has 0 bridgehead atoms. The highest BCUT2D eigenvalue weighted by molar-refractivity contribution is 6.00. The van der Waals surface area contributed by atoms with Crippen LogP contribution in [0, 0.1) is 11.8 Å². The topological polar surface area (TPSA) is 112 Å². The van der Waals surface area contributed by atoms with Gasteiger partial charge in [0.05, 0.1) is 24.3 Å². The number of hydrogen-bond donors (Lipinski definition) is 2. The number of piperidine rings is 1. The molecule has 222 valence electrons. The second-order valence-electron chi connectivity index (χ2n) is 11.0. The van der Waals surface area contributed by atoms with Crippen molar-refractivity contribution in [3.63, 3.8) is 0 Å². The molecule has 1 amide bonds. The van der Waals surface area contributed by atoms with E-state index in [9.17, 15) is 37.4 Å². The SMILES string of the molecule is O=C(O)CC(c1ccnc(OCC2CCN(c3cc(O)ccc3C(=O)N3CC(F)(F)OC(F)(F)C3)CC2)c1)C1CC1. The lowest BCUT2D eigenvalue weighted by molar-refractivity contribution is -0.400. The molecule has 2 aromatic rings. The lowest BCUT2D eigenvalue weighted by atomic mass is 9.92. The molecule has 5 rings (SSSR count). The fourth-order valence-electron chi connectivity index (χ4n) is 5.58. The molecule has 1 aromatic heterocycles. The number of amides is 1. The van der Waals surface area contributed by atoms with Crippen molar-refractivity contribution in [2.75, 3.05) is 37.7 Å². The number of hydrogen-bond acceptors (Lipinski definition) is 7. The average molecular weight is 582 g/mol. The lowest BCUT2D eigenvalue weighted by Gasteiger charge is -2.38. The number of rotatable bonds is 9. The third-order valence-electron chi connectivity index (χ3n) is 7.74. The number of anilines is 1. The van der Waals surface area contributed by atoms with Gasteiger partial charge in [0.25, 0.3) is 5.91 Å². The summed E-state index contributed by atoms with van der Waals surface area (Å²) in [5.41, 5.74) is 1.09. The van der Waals surface area contributed by atoms with Crippen LogP contribution in [-0.4, -0.2) is 77.0 Å². The van der Waals surface area contributed by atoms with Crippen molar-refractivity contribution in [2.24, 2.45) is 11.8 Å². The summed E-state index contributed by atoms with van der Waals surface area (Å²) in [6.07, 6.45) is -3.43. The normalized spacial score (nSPS) is 21.4. The van der Waals surface area contributed by atoms with Gasteiger partial charge in [-0.25, -0.2) is 4.98 Å². The number of halogens is 4. The summed E-state index contributed by atoms with van der Waals surface area (Å²) in [5, 5.41) is 19.4. The van der Waals surface area contributed by atoms with E-state index >= 15 is 0 Å². The third-order valence-corrected chi connectivity index (χ3v) is 7.74. The number of carbonyl (C=O) groups excluding carboxylic acids is 1. The fourth-order valence-corrected chi connectivity index (χ4v) is 5.58. The van der Waals surface area contributed by atoms with E-state index in [1.165, 1.54) is 18.2 Å². The molecule has 41 heavy (non-hydrogen) atoms. The lowest BCUT2D eigenvalue weighted by Crippen LogP contribution is -2.56. The van der Waals surface area contributed by atoms with Crippen molar-refractivity contribution in [1.82, 2.24) is 9.88 Å². The standard InChI is InChI=1S/C28H31F4N3O6/c29-27(30)15-35(16-28(31,32)41-27)26(39)21-4-3-20(36)12-23(21)34-9-6-17(7-10-34)14-40-24-11-19(5-8-33-24)22(13-25(37)38)18-1-2-18/h3-5,8,11-12,17-18,22,36H,1-2,6-7,9-10,13-16H2,(H,37,38). The number of benzene rings is 1. The Balaban J connectivity index is 1.21. The zero-order valence-corrected chi connectivity index (χ0v) is 22.1. The number of aliphatic carboxylic acids is 1. The maximum atomic E-state index is 13.7. The molecule has 0 spiro atoms. The van der Waals surface area contributed by atoms with E-state index in [2.05, 4.69) is 9.72 Å². The Labute approximate surface area is 233 Å². The predicted molar refractivity (Wildman–Crippen MR) is 137 cm³/mol. The van der Waals surface area contributed by atoms with Gasteiger partial charge in [0, 0.05) is 31.4 Å². The number of carboxylic acid groups (broad SMARTS) is 1. The van der Waals surface area contributed by atoms with Crippen molar-refractivity contribution < 1.29 is 46.8 Å². The number of carboxylic acids is 1. The van der Waals surface area contributed by atoms with Crippen LogP contribution in [0.4, 0.5) is 23.2 Å². The maximum Gasteiger partial charge on any atom is 0.377 e. The van der Waals surface area contributed by atoms with Gasteiger partial charge in [0.2, 0.25) is 5.88 Å². The van der Waals surface area contributed by atoms with Crippen molar-refractivity contribution in [2.45, 2.75) is 50.2 Å². The predicted octanol–water partition coefficient (Wildman–Crippen LogP) is 4.71. The van der Waals surface area contributed by atoms with Crippen molar-refractivity contribution in [3.05, 3.63) is 47.7 Å². The first-order chi connectivity index (χ1) is 19.4. The van der Waals surface area contributed by atoms with E-state index in [-0.39, 0.29) is 35.3 Å². The van der Waals surface area contributed by atoms with E-state index in [0.717, 1.165) is 18.4 Å². The van der Waals surface area contributed by atoms with Crippen LogP contribution in [0.15, 0.2) is 36.5 Å². The number of carbonyl (C=O) groups is 2. The molecule has 2 N–H and O–H groups in total. The number of ether oxygens (including phenoxy) is 2. The molecule has 1 atom stereocenters. The number of aromatic nitrogens is 1. The molecular formula is C28H31F4N3O6. The average Bonchev–Trinajstić information content (AvgIpc) is 3.74. The zero-order valence-electron chi connectivity index (χ0n) is 22.1. The Hall–Kier alpha value is -3.61. The van der Waals surface area contributed by atoms with Gasteiger partial charge >= 0.3 is 18.2 Å². The van der Waals surface area contributed by atoms with E-state index in [0.29, 0.717) is 49.2 Å². The Bertz CT molecular complexity index is 1270. The Morgan fingerprint density at radius 3 is 2.37 bits per heavy atom. The van der Waals surface area contributed by atoms with Crippen LogP contribution in [0.25, 0.3) is 0 Å². The van der Waals surface area contributed by atoms with Crippen LogP contribution < -0.4 is 9.64 Å². The minimum Gasteiger partial charge on any atom is -0.508 e. The van der Waals surface area contributed by atoms with Gasteiger partial charge in [-0.3, -0.25) is 14.3 Å². The Morgan fingerprint density at radius 2 is 1.73 bits per heavy atom. The van der Waals surface area contributed by atoms with E-state index in [1.807, 2.05) is 11.0 Å². The van der Waals surface area contributed by atoms with Gasteiger partial charge in [0.1, 0.15) is 18.8 Å². The number of pyridine rings is 1. The van der Waals surface area contributed by atoms with Gasteiger partial charge in [0.15, 0.2) is 0 Å². The second-order valence-corrected chi connectivity index (χ2v) is 11.0. The van der Waals surface area contributed by atoms with Gasteiger partial charge in [-0.05, 0) is 67.2 Å². The van der Waals surface area contributed by atoms with Crippen LogP contribution in [0.5, 0.6) is 11.6 Å². The van der Waals surface area contributed by atoms with Gasteiger partial charge in [-0.2, -0.15) is 17.6 Å². The van der Waals surface area contributed by atoms with Crippen molar-refractivity contribution >= 4 is 17.6 Å². The van der Waals surface area contributed by atoms with Crippen LogP contribution in [0.1, 0.15) is 53.9 Å². The van der Waals surface area contributed by atoms with E-state index in [4.69, 9.17) is 4.74 Å². The summed E-state index contributed by atoms with van der Waals surface area (Å²) in [5.74, 6) is -1.18. The fraction of sp³-hybridized carbons (Fsp3) is 0.536. The molecule has 2 saturated heterocycles. The molecule has 0 radical (unpaired) electrons. The van der Waals surface area contributed by atoms with Crippen molar-refractivity contribution in [1.29, 1.82) is 0 Å². The second kappa shape index (κ2) is 11.3. The highest BCUT2D eigenvalue weighted by atomic mass is 19.3. The molecule has 13 heteroatoms. The van der Waals surface area contributed by atoms with Crippen molar-refractivity contribution in [3.8, 4) is 11.6 Å². The highest BCUT2D eigenvalue weighted by Crippen LogP contribution is 2.45. The number of phenolic OH excluding ortho intramolecular Hbond substituents is 1. The molecule has 3 heterocycles. The first kappa shape index (κ1) is 28.9. The molecule has 1 aliphatic carbocycles. The summed E-state index contributed by atoms with van der Waals surface area (Å²) in [6.45, 7) is -1.37. The number of phenols is 1. The number of nitrogens with zero attached hydrogens (tertiary/aromatic N) is 3. The molecule has 9 nitrogen and oxygen atoms in total. The highest BCUT2D eigenvalue weighted by Gasteiger charge is 2.53. The summed E-state index contributed by atoms with van der Waals surface area (Å²) < 4.78 is 64.4. The summed E-state index contributed by atoms with van der Waals surface area (Å²) >= 11 is 0. The van der Waals surface area contributed by atoms with Gasteiger partial charge in [-0.1, -0.05) is 0 Å². The van der Waals surface area contributed by atoms with Crippen LogP contribution in [0.2, 0.25) is 0 Å². The maximum absolute atomic E-state index is 13.7. The van der Waals surface area contributed by atoms with Gasteiger partial charge < -0.3 is 24.7 Å². The number of alkyl halides is 4. The van der Waals surface area contributed by atoms with Crippen LogP contribution >= 0.6 is 0 Å². The van der Waals surface area contributed by atoms with E-state index in [1.54, 1.807) is 12.3 Å². The summed E-state index contributed by atoms with van der Waals surface area (Å²) in [6, 6.07) is 7.39. The monoisotopic (exact) mass is 581 g/mol. The molecule has 1 aromatic carbocycles.